The Morgan fingerprint density at radius 2 is 2.07 bits per heavy atom. The molecule has 1 unspecified atom stereocenters. The largest absolute Gasteiger partial charge is 0.353 e. The average molecular weight is 385 g/mol. The van der Waals surface area contributed by atoms with E-state index in [4.69, 9.17) is 0 Å². The van der Waals surface area contributed by atoms with E-state index in [-0.39, 0.29) is 23.3 Å². The molecule has 0 fully saturated rings. The molecular weight excluding hydrogens is 360 g/mol. The molecule has 142 valence electrons. The number of fused-ring (bicyclic) bond motifs is 1. The number of amides is 1. The van der Waals surface area contributed by atoms with E-state index in [1.54, 1.807) is 4.57 Å². The van der Waals surface area contributed by atoms with Crippen LogP contribution in [0.5, 0.6) is 0 Å². The summed E-state index contributed by atoms with van der Waals surface area (Å²) in [6.45, 7) is 7.87. The van der Waals surface area contributed by atoms with Crippen LogP contribution in [0.4, 0.5) is 5.69 Å². The molecule has 0 aliphatic carbocycles. The minimum atomic E-state index is -0.121. The summed E-state index contributed by atoms with van der Waals surface area (Å²) >= 11 is 1.29. The highest BCUT2D eigenvalue weighted by Crippen LogP contribution is 2.23. The van der Waals surface area contributed by atoms with E-state index in [2.05, 4.69) is 15.3 Å². The van der Waals surface area contributed by atoms with E-state index in [9.17, 15) is 9.59 Å². The Kier molecular flexibility index (Phi) is 5.70. The van der Waals surface area contributed by atoms with Crippen LogP contribution in [-0.4, -0.2) is 26.2 Å². The van der Waals surface area contributed by atoms with Crippen molar-refractivity contribution >= 4 is 34.4 Å². The van der Waals surface area contributed by atoms with Crippen molar-refractivity contribution in [1.82, 2.24) is 14.5 Å². The Bertz CT molecular complexity index is 1040. The number of carbonyl (C=O) groups excluding carboxylic acids is 1. The monoisotopic (exact) mass is 384 g/mol. The smallest absolute Gasteiger partial charge is 0.278 e. The van der Waals surface area contributed by atoms with Crippen LogP contribution < -0.4 is 10.9 Å². The van der Waals surface area contributed by atoms with Gasteiger partial charge in [-0.1, -0.05) is 36.9 Å². The number of hydrogen-bond acceptors (Lipinski definition) is 4. The molecule has 2 heterocycles. The molecule has 0 saturated carbocycles. The van der Waals surface area contributed by atoms with Gasteiger partial charge in [-0.3, -0.25) is 14.2 Å². The predicted octanol–water partition coefficient (Wildman–Crippen LogP) is 4.04. The minimum Gasteiger partial charge on any atom is -0.353 e. The molecule has 0 spiro atoms. The van der Waals surface area contributed by atoms with Gasteiger partial charge < -0.3 is 10.3 Å². The number of para-hydroxylation sites is 1. The van der Waals surface area contributed by atoms with E-state index in [1.165, 1.54) is 11.8 Å². The second kappa shape index (κ2) is 8.00. The second-order valence-corrected chi connectivity index (χ2v) is 7.63. The van der Waals surface area contributed by atoms with Crippen molar-refractivity contribution in [3.63, 3.8) is 0 Å². The maximum atomic E-state index is 12.9. The van der Waals surface area contributed by atoms with Crippen molar-refractivity contribution in [3.05, 3.63) is 51.9 Å². The molecule has 1 aromatic carbocycles. The first kappa shape index (κ1) is 19.2. The van der Waals surface area contributed by atoms with E-state index >= 15 is 0 Å². The average Bonchev–Trinajstić information content (AvgIpc) is 3.02. The van der Waals surface area contributed by atoms with Crippen LogP contribution in [0.25, 0.3) is 11.0 Å². The molecule has 27 heavy (non-hydrogen) atoms. The number of aryl methyl sites for hydroxylation is 2. The molecule has 2 aromatic heterocycles. The first-order chi connectivity index (χ1) is 12.9. The predicted molar refractivity (Wildman–Crippen MR) is 111 cm³/mol. The number of nitrogens with one attached hydrogen (secondary N) is 2. The summed E-state index contributed by atoms with van der Waals surface area (Å²) in [7, 11) is 0. The van der Waals surface area contributed by atoms with Gasteiger partial charge in [-0.25, -0.2) is 4.98 Å². The molecular formula is C20H24N4O2S. The molecule has 2 N–H and O–H groups in total. The zero-order valence-electron chi connectivity index (χ0n) is 16.0. The number of benzene rings is 1. The van der Waals surface area contributed by atoms with Crippen molar-refractivity contribution in [2.45, 2.75) is 45.3 Å². The molecule has 1 amide bonds. The Balaban J connectivity index is 1.86. The molecule has 7 heteroatoms. The Morgan fingerprint density at radius 3 is 2.78 bits per heavy atom. The zero-order chi connectivity index (χ0) is 19.6. The Labute approximate surface area is 162 Å². The van der Waals surface area contributed by atoms with Crippen LogP contribution >= 0.6 is 11.8 Å². The first-order valence-electron chi connectivity index (χ1n) is 9.00. The number of thioether (sulfide) groups is 1. The standard InChI is InChI=1S/C20H24N4O2S/c1-5-14(4)24-19(26)18-16(10-13(3)21-18)23-20(24)27-11-17(25)22-15-9-7-6-8-12(15)2/h6-10,14,21H,5,11H2,1-4H3,(H,22,25). The SMILES string of the molecule is CCC(C)n1c(SCC(=O)Nc2ccccc2C)nc2cc(C)[nH]c2c1=O. The number of hydrogen-bond donors (Lipinski definition) is 2. The molecule has 3 aromatic rings. The van der Waals surface area contributed by atoms with E-state index < -0.39 is 0 Å². The Morgan fingerprint density at radius 1 is 1.33 bits per heavy atom. The molecule has 0 radical (unpaired) electrons. The summed E-state index contributed by atoms with van der Waals surface area (Å²) in [6, 6.07) is 9.50. The van der Waals surface area contributed by atoms with Crippen LogP contribution in [0.2, 0.25) is 0 Å². The number of aromatic amines is 1. The van der Waals surface area contributed by atoms with Crippen LogP contribution in [0.15, 0.2) is 40.3 Å². The normalized spacial score (nSPS) is 12.3. The highest BCUT2D eigenvalue weighted by atomic mass is 32.2. The molecule has 0 aliphatic rings. The van der Waals surface area contributed by atoms with Gasteiger partial charge in [0.25, 0.3) is 5.56 Å². The summed E-state index contributed by atoms with van der Waals surface area (Å²) in [5, 5.41) is 3.49. The first-order valence-corrected chi connectivity index (χ1v) is 9.99. The van der Waals surface area contributed by atoms with Gasteiger partial charge in [0.2, 0.25) is 5.91 Å². The summed E-state index contributed by atoms with van der Waals surface area (Å²) in [5.41, 5.74) is 3.76. The molecule has 1 atom stereocenters. The molecule has 0 bridgehead atoms. The van der Waals surface area contributed by atoms with Crippen molar-refractivity contribution in [3.8, 4) is 0 Å². The zero-order valence-corrected chi connectivity index (χ0v) is 16.8. The van der Waals surface area contributed by atoms with E-state index in [1.807, 2.05) is 58.0 Å². The topological polar surface area (TPSA) is 79.8 Å². The molecule has 0 saturated heterocycles. The third kappa shape index (κ3) is 4.08. The lowest BCUT2D eigenvalue weighted by Gasteiger charge is -2.17. The fourth-order valence-corrected chi connectivity index (χ4v) is 3.79. The van der Waals surface area contributed by atoms with Crippen LogP contribution in [0, 0.1) is 13.8 Å². The molecule has 3 rings (SSSR count). The fraction of sp³-hybridized carbons (Fsp3) is 0.350. The lowest BCUT2D eigenvalue weighted by atomic mass is 10.2. The van der Waals surface area contributed by atoms with Gasteiger partial charge in [-0.05, 0) is 44.9 Å². The van der Waals surface area contributed by atoms with E-state index in [0.29, 0.717) is 16.2 Å². The number of rotatable bonds is 6. The second-order valence-electron chi connectivity index (χ2n) is 6.69. The van der Waals surface area contributed by atoms with Crippen molar-refractivity contribution in [1.29, 1.82) is 0 Å². The van der Waals surface area contributed by atoms with Gasteiger partial charge >= 0.3 is 0 Å². The third-order valence-electron chi connectivity index (χ3n) is 4.57. The highest BCUT2D eigenvalue weighted by molar-refractivity contribution is 7.99. The van der Waals surface area contributed by atoms with Crippen LogP contribution in [0.1, 0.15) is 37.6 Å². The van der Waals surface area contributed by atoms with Gasteiger partial charge in [-0.15, -0.1) is 0 Å². The summed E-state index contributed by atoms with van der Waals surface area (Å²) < 4.78 is 1.68. The molecule has 0 aliphatic heterocycles. The van der Waals surface area contributed by atoms with Crippen molar-refractivity contribution < 1.29 is 4.79 Å². The quantitative estimate of drug-likeness (QED) is 0.496. The van der Waals surface area contributed by atoms with Crippen molar-refractivity contribution in [2.75, 3.05) is 11.1 Å². The highest BCUT2D eigenvalue weighted by Gasteiger charge is 2.18. The van der Waals surface area contributed by atoms with Gasteiger partial charge in [0.1, 0.15) is 5.52 Å². The lowest BCUT2D eigenvalue weighted by Crippen LogP contribution is -2.26. The Hall–Kier alpha value is -2.54. The number of anilines is 1. The third-order valence-corrected chi connectivity index (χ3v) is 5.52. The van der Waals surface area contributed by atoms with E-state index in [0.717, 1.165) is 23.4 Å². The van der Waals surface area contributed by atoms with Gasteiger partial charge in [0.15, 0.2) is 5.16 Å². The van der Waals surface area contributed by atoms with Gasteiger partial charge in [-0.2, -0.15) is 0 Å². The summed E-state index contributed by atoms with van der Waals surface area (Å²) in [4.78, 5) is 33.0. The maximum absolute atomic E-state index is 12.9. The number of carbonyl (C=O) groups is 1. The van der Waals surface area contributed by atoms with Crippen molar-refractivity contribution in [2.24, 2.45) is 0 Å². The fourth-order valence-electron chi connectivity index (χ4n) is 2.89. The summed E-state index contributed by atoms with van der Waals surface area (Å²) in [6.07, 6.45) is 0.801. The molecule has 6 nitrogen and oxygen atoms in total. The van der Waals surface area contributed by atoms with Crippen LogP contribution in [0.3, 0.4) is 0 Å². The number of H-pyrrole nitrogens is 1. The van der Waals surface area contributed by atoms with Gasteiger partial charge in [0, 0.05) is 17.4 Å². The number of aromatic nitrogens is 3. The lowest BCUT2D eigenvalue weighted by molar-refractivity contribution is -0.113. The minimum absolute atomic E-state index is 0.0000601. The van der Waals surface area contributed by atoms with Gasteiger partial charge in [0.05, 0.1) is 11.3 Å². The summed E-state index contributed by atoms with van der Waals surface area (Å²) in [5.74, 6) is 0.0659. The number of nitrogens with zero attached hydrogens (tertiary/aromatic N) is 2. The maximum Gasteiger partial charge on any atom is 0.278 e. The van der Waals surface area contributed by atoms with Crippen LogP contribution in [-0.2, 0) is 4.79 Å².